The molecule has 1 saturated heterocycles. The molecule has 14 heteroatoms. The molecule has 3 rings (SSSR count). The SMILES string of the molecule is CCNC(=O)OCc1ccc(-c2cn(CC3O[C@H](OCC(COC)OC(C)=O)C(C)[C@@H](C)[C@H]3OC(C)=O)nn2)cc1OC. The topological polar surface area (TPSA) is 159 Å². The molecule has 0 spiro atoms. The van der Waals surface area contributed by atoms with Crippen LogP contribution in [0.15, 0.2) is 24.4 Å². The summed E-state index contributed by atoms with van der Waals surface area (Å²) in [6, 6.07) is 5.42. The fourth-order valence-electron chi connectivity index (χ4n) is 4.78. The van der Waals surface area contributed by atoms with Gasteiger partial charge in [0.1, 0.15) is 36.4 Å². The minimum absolute atomic E-state index is 0.0471. The first-order valence-electron chi connectivity index (χ1n) is 14.1. The highest BCUT2D eigenvalue weighted by Crippen LogP contribution is 2.34. The number of esters is 2. The van der Waals surface area contributed by atoms with Gasteiger partial charge in [-0.15, -0.1) is 5.10 Å². The quantitative estimate of drug-likeness (QED) is 0.248. The van der Waals surface area contributed by atoms with Gasteiger partial charge in [-0.1, -0.05) is 31.2 Å². The fraction of sp³-hybridized carbons (Fsp3) is 0.621. The molecule has 6 atom stereocenters. The Bertz CT molecular complexity index is 1220. The maximum Gasteiger partial charge on any atom is 0.407 e. The van der Waals surface area contributed by atoms with Crippen molar-refractivity contribution in [3.05, 3.63) is 30.0 Å². The summed E-state index contributed by atoms with van der Waals surface area (Å²) in [6.07, 6.45) is -1.19. The lowest BCUT2D eigenvalue weighted by Crippen LogP contribution is -2.53. The summed E-state index contributed by atoms with van der Waals surface area (Å²) in [5.74, 6) is -0.592. The highest BCUT2D eigenvalue weighted by molar-refractivity contribution is 5.67. The number of carbonyl (C=O) groups excluding carboxylic acids is 3. The van der Waals surface area contributed by atoms with Crippen molar-refractivity contribution in [3.8, 4) is 17.0 Å². The van der Waals surface area contributed by atoms with Crippen LogP contribution in [0.3, 0.4) is 0 Å². The maximum atomic E-state index is 12.0. The third-order valence-electron chi connectivity index (χ3n) is 7.05. The molecule has 0 aliphatic carbocycles. The zero-order valence-electron chi connectivity index (χ0n) is 25.7. The molecule has 0 bridgehead atoms. The zero-order chi connectivity index (χ0) is 31.5. The van der Waals surface area contributed by atoms with E-state index in [4.69, 9.17) is 33.2 Å². The van der Waals surface area contributed by atoms with E-state index in [1.54, 1.807) is 29.9 Å². The number of rotatable bonds is 14. The van der Waals surface area contributed by atoms with Gasteiger partial charge in [0.25, 0.3) is 0 Å². The molecule has 0 radical (unpaired) electrons. The van der Waals surface area contributed by atoms with Crippen LogP contribution in [0.4, 0.5) is 4.79 Å². The number of hydrogen-bond donors (Lipinski definition) is 1. The number of amides is 1. The monoisotopic (exact) mass is 606 g/mol. The number of nitrogens with zero attached hydrogens (tertiary/aromatic N) is 3. The summed E-state index contributed by atoms with van der Waals surface area (Å²) in [5.41, 5.74) is 2.01. The molecule has 3 unspecified atom stereocenters. The van der Waals surface area contributed by atoms with Crippen molar-refractivity contribution >= 4 is 18.0 Å². The third kappa shape index (κ3) is 9.63. The Morgan fingerprint density at radius 3 is 2.51 bits per heavy atom. The second-order valence-electron chi connectivity index (χ2n) is 10.3. The van der Waals surface area contributed by atoms with Gasteiger partial charge in [-0.05, 0) is 13.0 Å². The molecule has 1 aliphatic heterocycles. The Kier molecular flexibility index (Phi) is 12.7. The number of carbonyl (C=O) groups is 3. The van der Waals surface area contributed by atoms with Gasteiger partial charge in [-0.2, -0.15) is 0 Å². The summed E-state index contributed by atoms with van der Waals surface area (Å²) in [5, 5.41) is 11.2. The first-order valence-corrected chi connectivity index (χ1v) is 14.1. The van der Waals surface area contributed by atoms with Crippen molar-refractivity contribution in [2.24, 2.45) is 11.8 Å². The number of nitrogens with one attached hydrogen (secondary N) is 1. The number of methoxy groups -OCH3 is 2. The number of aromatic nitrogens is 3. The van der Waals surface area contributed by atoms with Gasteiger partial charge >= 0.3 is 18.0 Å². The summed E-state index contributed by atoms with van der Waals surface area (Å²) in [4.78, 5) is 35.1. The number of ether oxygens (including phenoxy) is 7. The molecule has 238 valence electrons. The molecule has 14 nitrogen and oxygen atoms in total. The summed E-state index contributed by atoms with van der Waals surface area (Å²) >= 11 is 0. The zero-order valence-corrected chi connectivity index (χ0v) is 25.7. The summed E-state index contributed by atoms with van der Waals surface area (Å²) in [7, 11) is 3.04. The van der Waals surface area contributed by atoms with Crippen LogP contribution in [0, 0.1) is 11.8 Å². The Hall–Kier alpha value is -3.75. The van der Waals surface area contributed by atoms with Crippen LogP contribution in [0.5, 0.6) is 5.75 Å². The van der Waals surface area contributed by atoms with Gasteiger partial charge in [0.05, 0.1) is 33.1 Å². The van der Waals surface area contributed by atoms with Gasteiger partial charge in [-0.3, -0.25) is 9.59 Å². The van der Waals surface area contributed by atoms with Crippen LogP contribution in [-0.4, -0.2) is 91.6 Å². The Labute approximate surface area is 251 Å². The standard InChI is InChI=1S/C29H42N4O10/c1-8-30-29(36)40-14-22-10-9-21(11-25(22)38-7)24-12-33(32-31-24)13-26-27(42-20(5)35)17(2)18(3)28(43-26)39-16-23(15-37-6)41-19(4)34/h9-12,17-18,23,26-28H,8,13-16H2,1-7H3,(H,30,36)/t17-,18?,23?,26?,27-,28+/m1/s1. The molecule has 0 saturated carbocycles. The minimum Gasteiger partial charge on any atom is -0.496 e. The lowest BCUT2D eigenvalue weighted by molar-refractivity contribution is -0.275. The molecule has 2 aromatic rings. The molecule has 1 N–H and O–H groups in total. The molecular weight excluding hydrogens is 564 g/mol. The maximum absolute atomic E-state index is 12.0. The normalized spacial score (nSPS) is 22.3. The summed E-state index contributed by atoms with van der Waals surface area (Å²) in [6.45, 7) is 9.39. The highest BCUT2D eigenvalue weighted by Gasteiger charge is 2.44. The Morgan fingerprint density at radius 1 is 1.09 bits per heavy atom. The van der Waals surface area contributed by atoms with Crippen LogP contribution in [0.2, 0.25) is 0 Å². The van der Waals surface area contributed by atoms with Crippen molar-refractivity contribution in [2.45, 2.75) is 72.4 Å². The van der Waals surface area contributed by atoms with Gasteiger partial charge in [0.15, 0.2) is 6.29 Å². The predicted molar refractivity (Wildman–Crippen MR) is 152 cm³/mol. The molecule has 43 heavy (non-hydrogen) atoms. The lowest BCUT2D eigenvalue weighted by atomic mass is 9.84. The number of alkyl carbamates (subject to hydrolysis) is 1. The van der Waals surface area contributed by atoms with E-state index >= 15 is 0 Å². The fourth-order valence-corrected chi connectivity index (χ4v) is 4.78. The van der Waals surface area contributed by atoms with E-state index in [1.165, 1.54) is 28.1 Å². The number of benzene rings is 1. The predicted octanol–water partition coefficient (Wildman–Crippen LogP) is 2.72. The smallest absolute Gasteiger partial charge is 0.407 e. The van der Waals surface area contributed by atoms with E-state index in [0.29, 0.717) is 23.6 Å². The molecule has 2 heterocycles. The van der Waals surface area contributed by atoms with Gasteiger partial charge in [0.2, 0.25) is 0 Å². The van der Waals surface area contributed by atoms with E-state index < -0.39 is 42.6 Å². The van der Waals surface area contributed by atoms with Crippen LogP contribution in [0.25, 0.3) is 11.3 Å². The molecule has 1 aromatic carbocycles. The van der Waals surface area contributed by atoms with Crippen LogP contribution in [-0.2, 0) is 51.2 Å². The number of hydrogen-bond acceptors (Lipinski definition) is 12. The lowest BCUT2D eigenvalue weighted by Gasteiger charge is -2.43. The van der Waals surface area contributed by atoms with Gasteiger partial charge < -0.3 is 38.5 Å². The van der Waals surface area contributed by atoms with Crippen LogP contribution < -0.4 is 10.1 Å². The van der Waals surface area contributed by atoms with Crippen molar-refractivity contribution in [3.63, 3.8) is 0 Å². The molecule has 1 aromatic heterocycles. The van der Waals surface area contributed by atoms with Gasteiger partial charge in [-0.25, -0.2) is 9.48 Å². The van der Waals surface area contributed by atoms with Crippen molar-refractivity contribution in [1.82, 2.24) is 20.3 Å². The second kappa shape index (κ2) is 16.2. The first-order chi connectivity index (χ1) is 20.6. The van der Waals surface area contributed by atoms with Crippen LogP contribution in [0.1, 0.15) is 40.2 Å². The second-order valence-corrected chi connectivity index (χ2v) is 10.3. The average molecular weight is 607 g/mol. The molecule has 1 amide bonds. The van der Waals surface area contributed by atoms with E-state index in [0.717, 1.165) is 5.56 Å². The van der Waals surface area contributed by atoms with E-state index in [2.05, 4.69) is 15.6 Å². The van der Waals surface area contributed by atoms with Crippen molar-refractivity contribution in [2.75, 3.05) is 34.0 Å². The summed E-state index contributed by atoms with van der Waals surface area (Å²) < 4.78 is 40.8. The molecular formula is C29H42N4O10. The van der Waals surface area contributed by atoms with Gasteiger partial charge in [0, 0.05) is 50.5 Å². The van der Waals surface area contributed by atoms with E-state index in [-0.39, 0.29) is 38.2 Å². The van der Waals surface area contributed by atoms with Crippen molar-refractivity contribution in [1.29, 1.82) is 0 Å². The first kappa shape index (κ1) is 33.7. The van der Waals surface area contributed by atoms with E-state index in [9.17, 15) is 14.4 Å². The van der Waals surface area contributed by atoms with Crippen molar-refractivity contribution < 1.29 is 47.5 Å². The highest BCUT2D eigenvalue weighted by atomic mass is 16.7. The van der Waals surface area contributed by atoms with Crippen LogP contribution >= 0.6 is 0 Å². The Morgan fingerprint density at radius 2 is 1.86 bits per heavy atom. The molecule has 1 aliphatic rings. The Balaban J connectivity index is 1.75. The largest absolute Gasteiger partial charge is 0.496 e. The minimum atomic E-state index is -0.664. The van der Waals surface area contributed by atoms with E-state index in [1.807, 2.05) is 19.9 Å². The molecule has 1 fully saturated rings. The third-order valence-corrected chi connectivity index (χ3v) is 7.05. The average Bonchev–Trinajstić information content (AvgIpc) is 3.43.